The van der Waals surface area contributed by atoms with Crippen molar-refractivity contribution in [2.24, 2.45) is 0 Å². The quantitative estimate of drug-likeness (QED) is 0.815. The second kappa shape index (κ2) is 4.01. The summed E-state index contributed by atoms with van der Waals surface area (Å²) in [5.74, 6) is 1.12. The molecule has 6 heteroatoms. The van der Waals surface area contributed by atoms with Crippen molar-refractivity contribution in [3.63, 3.8) is 0 Å². The van der Waals surface area contributed by atoms with Crippen LogP contribution in [0, 0.1) is 17.4 Å². The van der Waals surface area contributed by atoms with Crippen LogP contribution < -0.4 is 5.73 Å². The topological polar surface area (TPSA) is 64.7 Å². The van der Waals surface area contributed by atoms with E-state index in [4.69, 9.17) is 5.73 Å². The molecule has 0 aliphatic carbocycles. The van der Waals surface area contributed by atoms with E-state index >= 15 is 0 Å². The summed E-state index contributed by atoms with van der Waals surface area (Å²) in [7, 11) is 0. The minimum absolute atomic E-state index is 0.517. The van der Waals surface area contributed by atoms with Gasteiger partial charge in [0.15, 0.2) is 5.82 Å². The van der Waals surface area contributed by atoms with E-state index < -0.39 is 0 Å². The maximum absolute atomic E-state index is 5.78. The van der Waals surface area contributed by atoms with Crippen molar-refractivity contribution in [1.82, 2.24) is 15.0 Å². The van der Waals surface area contributed by atoms with Crippen LogP contribution in [0.5, 0.6) is 0 Å². The summed E-state index contributed by atoms with van der Waals surface area (Å²) in [4.78, 5) is 12.9. The lowest BCUT2D eigenvalue weighted by molar-refractivity contribution is 1.08. The molecule has 0 saturated heterocycles. The van der Waals surface area contributed by atoms with Crippen molar-refractivity contribution < 1.29 is 0 Å². The normalized spacial score (nSPS) is 10.6. The third-order valence-corrected chi connectivity index (χ3v) is 4.00. The van der Waals surface area contributed by atoms with Gasteiger partial charge in [-0.15, -0.1) is 11.3 Å². The molecule has 78 valence electrons. The lowest BCUT2D eigenvalue weighted by Crippen LogP contribution is -2.02. The van der Waals surface area contributed by atoms with Gasteiger partial charge in [0.25, 0.3) is 0 Å². The average Bonchev–Trinajstić information content (AvgIpc) is 2.60. The second-order valence-corrected chi connectivity index (χ2v) is 5.22. The van der Waals surface area contributed by atoms with Gasteiger partial charge in [-0.2, -0.15) is 0 Å². The van der Waals surface area contributed by atoms with Crippen LogP contribution in [0.4, 0.5) is 5.82 Å². The summed E-state index contributed by atoms with van der Waals surface area (Å²) in [5.41, 5.74) is 7.47. The van der Waals surface area contributed by atoms with Gasteiger partial charge in [0.2, 0.25) is 0 Å². The second-order valence-electron chi connectivity index (χ2n) is 3.08. The summed E-state index contributed by atoms with van der Waals surface area (Å²) < 4.78 is 0.906. The van der Waals surface area contributed by atoms with E-state index in [0.29, 0.717) is 11.6 Å². The molecule has 15 heavy (non-hydrogen) atoms. The standard InChI is InChI=1S/C9H9IN4S/c1-4-7(10)8(11)14-9(12-4)6-3-15-5(2)13-6/h3H,1-2H3,(H2,11,12,14). The molecule has 0 bridgehead atoms. The fraction of sp³-hybridized carbons (Fsp3) is 0.222. The number of aromatic nitrogens is 3. The zero-order valence-electron chi connectivity index (χ0n) is 8.28. The first-order valence-electron chi connectivity index (χ1n) is 4.30. The number of hydrogen-bond donors (Lipinski definition) is 1. The van der Waals surface area contributed by atoms with Crippen LogP contribution in [0.1, 0.15) is 10.7 Å². The summed E-state index contributed by atoms with van der Waals surface area (Å²) in [6.45, 7) is 3.87. The maximum Gasteiger partial charge on any atom is 0.181 e. The first kappa shape index (κ1) is 10.7. The van der Waals surface area contributed by atoms with E-state index in [9.17, 15) is 0 Å². The molecular weight excluding hydrogens is 323 g/mol. The number of rotatable bonds is 1. The molecule has 0 aliphatic heterocycles. The molecule has 0 fully saturated rings. The fourth-order valence-corrected chi connectivity index (χ4v) is 1.99. The molecule has 2 aromatic heterocycles. The van der Waals surface area contributed by atoms with Crippen LogP contribution in [-0.4, -0.2) is 15.0 Å². The Kier molecular flexibility index (Phi) is 2.87. The van der Waals surface area contributed by atoms with E-state index in [1.807, 2.05) is 19.2 Å². The molecule has 0 saturated carbocycles. The number of nitrogens with two attached hydrogens (primary N) is 1. The molecule has 0 radical (unpaired) electrons. The molecule has 2 rings (SSSR count). The van der Waals surface area contributed by atoms with Gasteiger partial charge >= 0.3 is 0 Å². The molecule has 2 heterocycles. The first-order valence-corrected chi connectivity index (χ1v) is 6.26. The Hall–Kier alpha value is -0.760. The summed E-state index contributed by atoms with van der Waals surface area (Å²) in [5, 5.41) is 2.94. The molecular formula is C9H9IN4S. The summed E-state index contributed by atoms with van der Waals surface area (Å²) >= 11 is 3.72. The van der Waals surface area contributed by atoms with Crippen LogP contribution >= 0.6 is 33.9 Å². The molecule has 2 N–H and O–H groups in total. The van der Waals surface area contributed by atoms with Crippen LogP contribution in [0.25, 0.3) is 11.5 Å². The minimum atomic E-state index is 0.517. The van der Waals surface area contributed by atoms with E-state index in [2.05, 4.69) is 37.5 Å². The number of anilines is 1. The maximum atomic E-state index is 5.78. The van der Waals surface area contributed by atoms with Crippen LogP contribution in [0.2, 0.25) is 0 Å². The van der Waals surface area contributed by atoms with Crippen LogP contribution in [0.15, 0.2) is 5.38 Å². The Labute approximate surface area is 105 Å². The van der Waals surface area contributed by atoms with Crippen molar-refractivity contribution in [2.45, 2.75) is 13.8 Å². The number of hydrogen-bond acceptors (Lipinski definition) is 5. The number of halogens is 1. The highest BCUT2D eigenvalue weighted by Gasteiger charge is 2.10. The zero-order chi connectivity index (χ0) is 11.0. The van der Waals surface area contributed by atoms with Gasteiger partial charge in [-0.3, -0.25) is 0 Å². The molecule has 0 amide bonds. The van der Waals surface area contributed by atoms with E-state index in [0.717, 1.165) is 20.0 Å². The third kappa shape index (κ3) is 2.10. The van der Waals surface area contributed by atoms with Crippen molar-refractivity contribution in [1.29, 1.82) is 0 Å². The molecule has 0 aliphatic rings. The monoisotopic (exact) mass is 332 g/mol. The predicted octanol–water partition coefficient (Wildman–Crippen LogP) is 2.40. The number of nitrogen functional groups attached to an aromatic ring is 1. The van der Waals surface area contributed by atoms with Crippen molar-refractivity contribution in [3.05, 3.63) is 19.7 Å². The SMILES string of the molecule is Cc1nc(-c2nc(C)c(I)c(N)n2)cs1. The minimum Gasteiger partial charge on any atom is -0.383 e. The third-order valence-electron chi connectivity index (χ3n) is 1.89. The van der Waals surface area contributed by atoms with Gasteiger partial charge in [0, 0.05) is 5.38 Å². The van der Waals surface area contributed by atoms with E-state index in [1.165, 1.54) is 0 Å². The van der Waals surface area contributed by atoms with E-state index in [1.54, 1.807) is 11.3 Å². The largest absolute Gasteiger partial charge is 0.383 e. The molecule has 4 nitrogen and oxygen atoms in total. The highest BCUT2D eigenvalue weighted by Crippen LogP contribution is 2.22. The smallest absolute Gasteiger partial charge is 0.181 e. The van der Waals surface area contributed by atoms with Crippen LogP contribution in [-0.2, 0) is 0 Å². The lowest BCUT2D eigenvalue weighted by Gasteiger charge is -2.03. The number of nitrogens with zero attached hydrogens (tertiary/aromatic N) is 3. The van der Waals surface area contributed by atoms with Crippen LogP contribution in [0.3, 0.4) is 0 Å². The predicted molar refractivity (Wildman–Crippen MR) is 69.7 cm³/mol. The molecule has 0 atom stereocenters. The average molecular weight is 332 g/mol. The summed E-state index contributed by atoms with van der Waals surface area (Å²) in [6.07, 6.45) is 0. The highest BCUT2D eigenvalue weighted by atomic mass is 127. The van der Waals surface area contributed by atoms with Gasteiger partial charge in [0.05, 0.1) is 14.3 Å². The zero-order valence-corrected chi connectivity index (χ0v) is 11.3. The van der Waals surface area contributed by atoms with Gasteiger partial charge < -0.3 is 5.73 Å². The summed E-state index contributed by atoms with van der Waals surface area (Å²) in [6, 6.07) is 0. The van der Waals surface area contributed by atoms with Gasteiger partial charge in [-0.25, -0.2) is 15.0 Å². The van der Waals surface area contributed by atoms with Crippen molar-refractivity contribution in [3.8, 4) is 11.5 Å². The Balaban J connectivity index is 2.55. The molecule has 0 unspecified atom stereocenters. The fourth-order valence-electron chi connectivity index (χ4n) is 1.16. The van der Waals surface area contributed by atoms with E-state index in [-0.39, 0.29) is 0 Å². The Morgan fingerprint density at radius 1 is 1.27 bits per heavy atom. The van der Waals surface area contributed by atoms with Crippen molar-refractivity contribution >= 4 is 39.7 Å². The number of thiazole rings is 1. The highest BCUT2D eigenvalue weighted by molar-refractivity contribution is 14.1. The Bertz CT molecular complexity index is 486. The first-order chi connectivity index (χ1) is 7.08. The van der Waals surface area contributed by atoms with Gasteiger partial charge in [0.1, 0.15) is 11.5 Å². The van der Waals surface area contributed by atoms with Crippen molar-refractivity contribution in [2.75, 3.05) is 5.73 Å². The molecule has 0 aromatic carbocycles. The van der Waals surface area contributed by atoms with Gasteiger partial charge in [-0.1, -0.05) is 0 Å². The lowest BCUT2D eigenvalue weighted by atomic mass is 10.4. The van der Waals surface area contributed by atoms with Gasteiger partial charge in [-0.05, 0) is 36.4 Å². The Morgan fingerprint density at radius 2 is 2.00 bits per heavy atom. The number of aryl methyl sites for hydroxylation is 2. The molecule has 2 aromatic rings. The Morgan fingerprint density at radius 3 is 2.53 bits per heavy atom. The molecule has 0 spiro atoms.